The lowest BCUT2D eigenvalue weighted by Crippen LogP contribution is -2.03. The first-order chi connectivity index (χ1) is 8.43. The smallest absolute Gasteiger partial charge is 0.171 e. The Balaban J connectivity index is 1.83. The molecule has 2 aromatic rings. The Kier molecular flexibility index (Phi) is 3.14. The second kappa shape index (κ2) is 4.92. The first-order valence-electron chi connectivity index (χ1n) is 6.16. The summed E-state index contributed by atoms with van der Waals surface area (Å²) in [5.74, 6) is 1.47. The summed E-state index contributed by atoms with van der Waals surface area (Å²) in [5.41, 5.74) is 0. The molecule has 0 spiro atoms. The summed E-state index contributed by atoms with van der Waals surface area (Å²) >= 11 is 1.76. The number of nitrogens with zero attached hydrogens (tertiary/aromatic N) is 3. The van der Waals surface area contributed by atoms with Crippen LogP contribution in [0.15, 0.2) is 24.7 Å². The molecule has 88 valence electrons. The van der Waals surface area contributed by atoms with Gasteiger partial charge in [-0.25, -0.2) is 15.0 Å². The van der Waals surface area contributed by atoms with Crippen molar-refractivity contribution in [1.29, 1.82) is 0 Å². The van der Waals surface area contributed by atoms with E-state index in [4.69, 9.17) is 0 Å². The fraction of sp³-hybridized carbons (Fsp3) is 0.462. The fourth-order valence-electron chi connectivity index (χ4n) is 2.36. The summed E-state index contributed by atoms with van der Waals surface area (Å²) < 4.78 is 0. The second-order valence-corrected chi connectivity index (χ2v) is 5.53. The van der Waals surface area contributed by atoms with E-state index in [1.807, 2.05) is 12.3 Å². The molecule has 1 aliphatic rings. The first kappa shape index (κ1) is 10.8. The van der Waals surface area contributed by atoms with Crippen molar-refractivity contribution in [3.8, 4) is 10.7 Å². The topological polar surface area (TPSA) is 38.7 Å². The summed E-state index contributed by atoms with van der Waals surface area (Å²) in [4.78, 5) is 14.2. The summed E-state index contributed by atoms with van der Waals surface area (Å²) in [6, 6.07) is 1.84. The third-order valence-electron chi connectivity index (χ3n) is 3.26. The molecule has 0 radical (unpaired) electrons. The van der Waals surface area contributed by atoms with Gasteiger partial charge in [0.15, 0.2) is 5.82 Å². The van der Waals surface area contributed by atoms with Crippen molar-refractivity contribution in [1.82, 2.24) is 15.0 Å². The molecule has 4 heteroatoms. The van der Waals surface area contributed by atoms with Gasteiger partial charge < -0.3 is 0 Å². The fourth-order valence-corrected chi connectivity index (χ4v) is 3.39. The van der Waals surface area contributed by atoms with Crippen LogP contribution in [0.1, 0.15) is 43.0 Å². The Morgan fingerprint density at radius 3 is 2.53 bits per heavy atom. The zero-order chi connectivity index (χ0) is 11.5. The quantitative estimate of drug-likeness (QED) is 0.810. The van der Waals surface area contributed by atoms with E-state index in [9.17, 15) is 0 Å². The highest BCUT2D eigenvalue weighted by Gasteiger charge is 2.19. The van der Waals surface area contributed by atoms with Crippen molar-refractivity contribution in [2.24, 2.45) is 0 Å². The van der Waals surface area contributed by atoms with E-state index < -0.39 is 0 Å². The Morgan fingerprint density at radius 1 is 1.00 bits per heavy atom. The van der Waals surface area contributed by atoms with Gasteiger partial charge in [0.1, 0.15) is 0 Å². The minimum atomic E-state index is 0.672. The lowest BCUT2D eigenvalue weighted by molar-refractivity contribution is 0.442. The van der Waals surface area contributed by atoms with E-state index in [2.05, 4.69) is 15.0 Å². The molecule has 2 aromatic heterocycles. The third-order valence-corrected chi connectivity index (χ3v) is 4.42. The highest BCUT2D eigenvalue weighted by Crippen LogP contribution is 2.36. The largest absolute Gasteiger partial charge is 0.249 e. The molecular weight excluding hydrogens is 230 g/mol. The van der Waals surface area contributed by atoms with E-state index in [-0.39, 0.29) is 0 Å². The van der Waals surface area contributed by atoms with Crippen LogP contribution in [-0.2, 0) is 0 Å². The Bertz CT molecular complexity index is 474. The molecule has 0 bridgehead atoms. The molecular formula is C13H15N3S. The average molecular weight is 245 g/mol. The predicted molar refractivity (Wildman–Crippen MR) is 69.0 cm³/mol. The molecule has 0 atom stereocenters. The Hall–Kier alpha value is -1.29. The monoisotopic (exact) mass is 245 g/mol. The minimum absolute atomic E-state index is 0.672. The number of hydrogen-bond acceptors (Lipinski definition) is 4. The van der Waals surface area contributed by atoms with Crippen LogP contribution in [0.4, 0.5) is 0 Å². The molecule has 3 rings (SSSR count). The van der Waals surface area contributed by atoms with Gasteiger partial charge in [-0.2, -0.15) is 0 Å². The maximum absolute atomic E-state index is 4.55. The Morgan fingerprint density at radius 2 is 1.76 bits per heavy atom. The molecule has 0 unspecified atom stereocenters. The summed E-state index contributed by atoms with van der Waals surface area (Å²) in [7, 11) is 0. The SMILES string of the molecule is c1cnc(-c2cnc(C3CCCCC3)s2)nc1. The van der Waals surface area contributed by atoms with Crippen molar-refractivity contribution >= 4 is 11.3 Å². The van der Waals surface area contributed by atoms with Gasteiger partial charge in [0.05, 0.1) is 9.88 Å². The van der Waals surface area contributed by atoms with Crippen molar-refractivity contribution < 1.29 is 0 Å². The van der Waals surface area contributed by atoms with Gasteiger partial charge in [0, 0.05) is 24.5 Å². The summed E-state index contributed by atoms with van der Waals surface area (Å²) in [6.45, 7) is 0. The van der Waals surface area contributed by atoms with Crippen LogP contribution < -0.4 is 0 Å². The van der Waals surface area contributed by atoms with Gasteiger partial charge in [0.25, 0.3) is 0 Å². The number of aromatic nitrogens is 3. The van der Waals surface area contributed by atoms with E-state index in [1.165, 1.54) is 37.1 Å². The molecule has 0 saturated heterocycles. The van der Waals surface area contributed by atoms with E-state index in [0.29, 0.717) is 5.92 Å². The highest BCUT2D eigenvalue weighted by molar-refractivity contribution is 7.15. The van der Waals surface area contributed by atoms with Crippen molar-refractivity contribution in [3.63, 3.8) is 0 Å². The van der Waals surface area contributed by atoms with Crippen molar-refractivity contribution in [3.05, 3.63) is 29.7 Å². The normalized spacial score (nSPS) is 17.2. The molecule has 1 saturated carbocycles. The molecule has 0 aromatic carbocycles. The van der Waals surface area contributed by atoms with Gasteiger partial charge >= 0.3 is 0 Å². The molecule has 3 nitrogen and oxygen atoms in total. The van der Waals surface area contributed by atoms with Crippen LogP contribution in [0.2, 0.25) is 0 Å². The molecule has 0 aliphatic heterocycles. The second-order valence-electron chi connectivity index (χ2n) is 4.47. The molecule has 1 aliphatic carbocycles. The zero-order valence-corrected chi connectivity index (χ0v) is 10.5. The molecule has 0 N–H and O–H groups in total. The van der Waals surface area contributed by atoms with E-state index >= 15 is 0 Å². The van der Waals surface area contributed by atoms with Crippen LogP contribution in [0.5, 0.6) is 0 Å². The van der Waals surface area contributed by atoms with Crippen LogP contribution >= 0.6 is 11.3 Å². The summed E-state index contributed by atoms with van der Waals surface area (Å²) in [5, 5.41) is 1.27. The standard InChI is InChI=1S/C13H15N3S/c1-2-5-10(6-3-1)13-16-9-11(17-13)12-14-7-4-8-15-12/h4,7-10H,1-3,5-6H2. The number of rotatable bonds is 2. The maximum atomic E-state index is 4.55. The van der Waals surface area contributed by atoms with Crippen molar-refractivity contribution in [2.75, 3.05) is 0 Å². The minimum Gasteiger partial charge on any atom is -0.249 e. The average Bonchev–Trinajstić information content (AvgIpc) is 2.90. The zero-order valence-electron chi connectivity index (χ0n) is 9.67. The van der Waals surface area contributed by atoms with E-state index in [0.717, 1.165) is 10.7 Å². The first-order valence-corrected chi connectivity index (χ1v) is 6.98. The predicted octanol–water partition coefficient (Wildman–Crippen LogP) is 3.65. The maximum Gasteiger partial charge on any atom is 0.171 e. The van der Waals surface area contributed by atoms with Crippen LogP contribution in [0, 0.1) is 0 Å². The van der Waals surface area contributed by atoms with Gasteiger partial charge in [-0.1, -0.05) is 19.3 Å². The Labute approximate surface area is 105 Å². The van der Waals surface area contributed by atoms with Gasteiger partial charge in [-0.3, -0.25) is 0 Å². The lowest BCUT2D eigenvalue weighted by atomic mass is 9.90. The highest BCUT2D eigenvalue weighted by atomic mass is 32.1. The number of hydrogen-bond donors (Lipinski definition) is 0. The van der Waals surface area contributed by atoms with Crippen LogP contribution in [0.3, 0.4) is 0 Å². The molecule has 1 fully saturated rings. The molecule has 2 heterocycles. The number of thiazole rings is 1. The van der Waals surface area contributed by atoms with Crippen molar-refractivity contribution in [2.45, 2.75) is 38.0 Å². The van der Waals surface area contributed by atoms with Gasteiger partial charge in [-0.05, 0) is 18.9 Å². The summed E-state index contributed by atoms with van der Waals surface area (Å²) in [6.07, 6.45) is 12.2. The van der Waals surface area contributed by atoms with Gasteiger partial charge in [-0.15, -0.1) is 11.3 Å². The third kappa shape index (κ3) is 2.36. The van der Waals surface area contributed by atoms with Crippen LogP contribution in [0.25, 0.3) is 10.7 Å². The van der Waals surface area contributed by atoms with Crippen LogP contribution in [-0.4, -0.2) is 15.0 Å². The lowest BCUT2D eigenvalue weighted by Gasteiger charge is -2.18. The molecule has 17 heavy (non-hydrogen) atoms. The molecule has 0 amide bonds. The van der Waals surface area contributed by atoms with Gasteiger partial charge in [0.2, 0.25) is 0 Å². The van der Waals surface area contributed by atoms with E-state index in [1.54, 1.807) is 23.7 Å².